The number of likely N-dealkylation sites (tertiary alicyclic amines) is 2. The van der Waals surface area contributed by atoms with Crippen LogP contribution in [0.15, 0.2) is 30.3 Å². The summed E-state index contributed by atoms with van der Waals surface area (Å²) in [4.78, 5) is 26.2. The third kappa shape index (κ3) is 4.80. The zero-order valence-corrected chi connectivity index (χ0v) is 15.5. The van der Waals surface area contributed by atoms with E-state index in [0.717, 1.165) is 38.9 Å². The Morgan fingerprint density at radius 2 is 1.74 bits per heavy atom. The minimum atomic E-state index is -5.08. The van der Waals surface area contributed by atoms with E-state index in [4.69, 9.17) is 9.90 Å². The van der Waals surface area contributed by atoms with Crippen LogP contribution >= 0.6 is 0 Å². The molecule has 1 N–H and O–H groups in total. The van der Waals surface area contributed by atoms with E-state index in [0.29, 0.717) is 5.91 Å². The first kappa shape index (κ1) is 21.2. The molecule has 0 saturated carbocycles. The number of carbonyl (C=O) groups is 2. The molecule has 2 saturated heterocycles. The lowest BCUT2D eigenvalue weighted by atomic mass is 9.81. The minimum absolute atomic E-state index is 0.0690. The van der Waals surface area contributed by atoms with Crippen LogP contribution in [0.5, 0.6) is 0 Å². The molecule has 27 heavy (non-hydrogen) atoms. The molecule has 0 aromatic heterocycles. The number of alkyl halides is 3. The van der Waals surface area contributed by atoms with E-state index in [1.807, 2.05) is 18.2 Å². The number of carbonyl (C=O) groups excluding carboxylic acids is 1. The fourth-order valence-electron chi connectivity index (χ4n) is 3.95. The number of piperidine rings is 1. The number of benzene rings is 1. The quantitative estimate of drug-likeness (QED) is 0.849. The van der Waals surface area contributed by atoms with E-state index < -0.39 is 12.1 Å². The lowest BCUT2D eigenvalue weighted by Crippen LogP contribution is -2.52. The van der Waals surface area contributed by atoms with Gasteiger partial charge in [0.1, 0.15) is 0 Å². The van der Waals surface area contributed by atoms with E-state index in [2.05, 4.69) is 35.9 Å². The zero-order chi connectivity index (χ0) is 20.2. The van der Waals surface area contributed by atoms with Crippen LogP contribution in [0, 0.1) is 0 Å². The largest absolute Gasteiger partial charge is 0.490 e. The Labute approximate surface area is 156 Å². The summed E-state index contributed by atoms with van der Waals surface area (Å²) in [7, 11) is 2.18. The highest BCUT2D eigenvalue weighted by Crippen LogP contribution is 2.45. The summed E-state index contributed by atoms with van der Waals surface area (Å²) in [6.07, 6.45) is -1.85. The van der Waals surface area contributed by atoms with Gasteiger partial charge in [0.15, 0.2) is 0 Å². The fraction of sp³-hybridized carbons (Fsp3) is 0.579. The number of hydrogen-bond donors (Lipinski definition) is 1. The molecule has 1 spiro atoms. The van der Waals surface area contributed by atoms with Gasteiger partial charge in [0.25, 0.3) is 0 Å². The summed E-state index contributed by atoms with van der Waals surface area (Å²) in [5.41, 5.74) is 1.30. The molecule has 8 heteroatoms. The van der Waals surface area contributed by atoms with Gasteiger partial charge in [0.2, 0.25) is 5.91 Å². The number of aliphatic carboxylic acids is 1. The number of likely N-dealkylation sites (N-methyl/N-ethyl adjacent to an activating group) is 1. The molecule has 1 atom stereocenters. The predicted molar refractivity (Wildman–Crippen MR) is 94.3 cm³/mol. The number of halogens is 3. The average Bonchev–Trinajstić information content (AvgIpc) is 2.90. The molecule has 0 aliphatic carbocycles. The van der Waals surface area contributed by atoms with Crippen LogP contribution in [0.2, 0.25) is 0 Å². The molecule has 5 nitrogen and oxygen atoms in total. The molecule has 1 unspecified atom stereocenters. The van der Waals surface area contributed by atoms with Crippen molar-refractivity contribution in [3.05, 3.63) is 35.9 Å². The Morgan fingerprint density at radius 1 is 1.22 bits per heavy atom. The number of nitrogens with zero attached hydrogens (tertiary/aromatic N) is 2. The molecule has 2 fully saturated rings. The van der Waals surface area contributed by atoms with Crippen molar-refractivity contribution in [3.8, 4) is 0 Å². The molecule has 150 valence electrons. The van der Waals surface area contributed by atoms with Gasteiger partial charge in [-0.1, -0.05) is 30.3 Å². The lowest BCUT2D eigenvalue weighted by molar-refractivity contribution is -0.192. The van der Waals surface area contributed by atoms with Gasteiger partial charge in [-0.15, -0.1) is 0 Å². The zero-order valence-electron chi connectivity index (χ0n) is 15.5. The van der Waals surface area contributed by atoms with Crippen LogP contribution in [0.4, 0.5) is 13.2 Å². The van der Waals surface area contributed by atoms with Gasteiger partial charge in [-0.05, 0) is 38.8 Å². The summed E-state index contributed by atoms with van der Waals surface area (Å²) in [6.45, 7) is 5.16. The molecule has 1 aromatic carbocycles. The van der Waals surface area contributed by atoms with E-state index in [-0.39, 0.29) is 11.5 Å². The van der Waals surface area contributed by atoms with Crippen LogP contribution < -0.4 is 0 Å². The third-order valence-electron chi connectivity index (χ3n) is 5.40. The van der Waals surface area contributed by atoms with E-state index in [9.17, 15) is 18.0 Å². The molecular formula is C19H25F3N2O3. The highest BCUT2D eigenvalue weighted by Gasteiger charge is 2.51. The lowest BCUT2D eigenvalue weighted by Gasteiger charge is -2.43. The Morgan fingerprint density at radius 3 is 2.19 bits per heavy atom. The summed E-state index contributed by atoms with van der Waals surface area (Å²) < 4.78 is 31.7. The Hall–Kier alpha value is -2.09. The first-order chi connectivity index (χ1) is 12.6. The monoisotopic (exact) mass is 386 g/mol. The smallest absolute Gasteiger partial charge is 0.475 e. The van der Waals surface area contributed by atoms with E-state index >= 15 is 0 Å². The molecular weight excluding hydrogens is 361 g/mol. The average molecular weight is 386 g/mol. The number of carboxylic acid groups (broad SMARTS) is 1. The molecule has 2 heterocycles. The molecule has 0 bridgehead atoms. The maximum Gasteiger partial charge on any atom is 0.490 e. The highest BCUT2D eigenvalue weighted by molar-refractivity contribution is 5.87. The van der Waals surface area contributed by atoms with Gasteiger partial charge < -0.3 is 14.9 Å². The second-order valence-electron chi connectivity index (χ2n) is 7.08. The summed E-state index contributed by atoms with van der Waals surface area (Å²) >= 11 is 0. The maximum atomic E-state index is 12.8. The summed E-state index contributed by atoms with van der Waals surface area (Å²) in [5, 5.41) is 7.12. The Balaban J connectivity index is 0.000000321. The summed E-state index contributed by atoms with van der Waals surface area (Å²) in [5.74, 6) is -2.35. The van der Waals surface area contributed by atoms with Crippen LogP contribution in [-0.4, -0.2) is 65.2 Å². The molecule has 1 amide bonds. The molecule has 0 radical (unpaired) electrons. The SMILES string of the molecule is CCN1C(=O)C(c2ccccc2)CC12CCN(C)CC2.O=C(O)C(F)(F)F. The van der Waals surface area contributed by atoms with Crippen molar-refractivity contribution in [2.24, 2.45) is 0 Å². The van der Waals surface area contributed by atoms with Gasteiger partial charge >= 0.3 is 12.1 Å². The molecule has 2 aliphatic heterocycles. The van der Waals surface area contributed by atoms with Crippen molar-refractivity contribution in [1.82, 2.24) is 9.80 Å². The Kier molecular flexibility index (Phi) is 6.51. The van der Waals surface area contributed by atoms with E-state index in [1.54, 1.807) is 0 Å². The van der Waals surface area contributed by atoms with Gasteiger partial charge in [-0.25, -0.2) is 4.79 Å². The first-order valence-electron chi connectivity index (χ1n) is 8.96. The van der Waals surface area contributed by atoms with Crippen LogP contribution in [0.1, 0.15) is 37.7 Å². The van der Waals surface area contributed by atoms with Crippen LogP contribution in [-0.2, 0) is 9.59 Å². The van der Waals surface area contributed by atoms with Crippen LogP contribution in [0.3, 0.4) is 0 Å². The van der Waals surface area contributed by atoms with Crippen molar-refractivity contribution in [2.75, 3.05) is 26.7 Å². The number of rotatable bonds is 2. The maximum absolute atomic E-state index is 12.8. The van der Waals surface area contributed by atoms with Gasteiger partial charge in [0.05, 0.1) is 5.92 Å². The standard InChI is InChI=1S/C17H24N2O.C2HF3O2/c1-3-19-16(20)15(14-7-5-4-6-8-14)13-17(19)9-11-18(2)12-10-17;3-2(4,5)1(6)7/h4-8,15H,3,9-13H2,1-2H3;(H,6,7). The first-order valence-corrected chi connectivity index (χ1v) is 8.96. The topological polar surface area (TPSA) is 60.9 Å². The highest BCUT2D eigenvalue weighted by atomic mass is 19.4. The Bertz CT molecular complexity index is 656. The number of carboxylic acids is 1. The second kappa shape index (κ2) is 8.29. The minimum Gasteiger partial charge on any atom is -0.475 e. The van der Waals surface area contributed by atoms with Crippen LogP contribution in [0.25, 0.3) is 0 Å². The van der Waals surface area contributed by atoms with E-state index in [1.165, 1.54) is 5.56 Å². The van der Waals surface area contributed by atoms with Crippen molar-refractivity contribution in [2.45, 2.75) is 43.8 Å². The summed E-state index contributed by atoms with van der Waals surface area (Å²) in [6, 6.07) is 10.3. The molecule has 3 rings (SSSR count). The van der Waals surface area contributed by atoms with Crippen molar-refractivity contribution in [3.63, 3.8) is 0 Å². The third-order valence-corrected chi connectivity index (χ3v) is 5.40. The van der Waals surface area contributed by atoms with Gasteiger partial charge in [-0.2, -0.15) is 13.2 Å². The molecule has 1 aromatic rings. The fourth-order valence-corrected chi connectivity index (χ4v) is 3.95. The second-order valence-corrected chi connectivity index (χ2v) is 7.08. The molecule has 2 aliphatic rings. The number of hydrogen-bond acceptors (Lipinski definition) is 3. The normalized spacial score (nSPS) is 22.5. The predicted octanol–water partition coefficient (Wildman–Crippen LogP) is 3.12. The van der Waals surface area contributed by atoms with Crippen molar-refractivity contribution >= 4 is 11.9 Å². The van der Waals surface area contributed by atoms with Crippen molar-refractivity contribution in [1.29, 1.82) is 0 Å². The van der Waals surface area contributed by atoms with Crippen molar-refractivity contribution < 1.29 is 27.9 Å². The number of amides is 1. The van der Waals surface area contributed by atoms with Gasteiger partial charge in [0, 0.05) is 25.2 Å². The van der Waals surface area contributed by atoms with Gasteiger partial charge in [-0.3, -0.25) is 4.79 Å².